The highest BCUT2D eigenvalue weighted by Gasteiger charge is 2.12. The first-order valence-corrected chi connectivity index (χ1v) is 6.80. The molecule has 0 amide bonds. The van der Waals surface area contributed by atoms with Gasteiger partial charge in [-0.3, -0.25) is 4.98 Å². The zero-order valence-corrected chi connectivity index (χ0v) is 12.0. The van der Waals surface area contributed by atoms with Crippen LogP contribution in [0, 0.1) is 5.82 Å². The summed E-state index contributed by atoms with van der Waals surface area (Å²) in [4.78, 5) is 4.23. The molecular formula is C15H11BrFN3. The fourth-order valence-corrected chi connectivity index (χ4v) is 2.47. The van der Waals surface area contributed by atoms with E-state index in [1.165, 1.54) is 6.07 Å². The van der Waals surface area contributed by atoms with Crippen LogP contribution in [-0.4, -0.2) is 4.98 Å². The Bertz CT molecular complexity index is 789. The van der Waals surface area contributed by atoms with Crippen LogP contribution in [0.25, 0.3) is 10.9 Å². The molecule has 5 heteroatoms. The third-order valence-corrected chi connectivity index (χ3v) is 3.46. The average Bonchev–Trinajstić information content (AvgIpc) is 2.43. The average molecular weight is 332 g/mol. The van der Waals surface area contributed by atoms with Crippen LogP contribution < -0.4 is 11.1 Å². The van der Waals surface area contributed by atoms with Crippen LogP contribution in [0.1, 0.15) is 0 Å². The van der Waals surface area contributed by atoms with Gasteiger partial charge in [0, 0.05) is 27.4 Å². The largest absolute Gasteiger partial charge is 0.398 e. The maximum Gasteiger partial charge on any atom is 0.150 e. The summed E-state index contributed by atoms with van der Waals surface area (Å²) in [7, 11) is 0. The Labute approximate surface area is 123 Å². The van der Waals surface area contributed by atoms with Crippen LogP contribution >= 0.6 is 15.9 Å². The maximum atomic E-state index is 14.2. The summed E-state index contributed by atoms with van der Waals surface area (Å²) in [6, 6.07) is 12.4. The molecule has 0 aliphatic rings. The molecule has 0 saturated carbocycles. The number of rotatable bonds is 2. The molecule has 0 bridgehead atoms. The molecule has 100 valence electrons. The Morgan fingerprint density at radius 1 is 1.15 bits per heavy atom. The number of halogens is 2. The second-order valence-electron chi connectivity index (χ2n) is 4.36. The van der Waals surface area contributed by atoms with E-state index in [1.54, 1.807) is 12.3 Å². The molecule has 0 fully saturated rings. The first-order chi connectivity index (χ1) is 9.65. The summed E-state index contributed by atoms with van der Waals surface area (Å²) >= 11 is 3.39. The summed E-state index contributed by atoms with van der Waals surface area (Å²) in [5.74, 6) is -0.423. The molecule has 1 aromatic heterocycles. The fraction of sp³-hybridized carbons (Fsp3) is 0. The van der Waals surface area contributed by atoms with Crippen molar-refractivity contribution in [3.8, 4) is 0 Å². The lowest BCUT2D eigenvalue weighted by Crippen LogP contribution is -1.99. The second-order valence-corrected chi connectivity index (χ2v) is 5.27. The highest BCUT2D eigenvalue weighted by molar-refractivity contribution is 9.10. The highest BCUT2D eigenvalue weighted by Crippen LogP contribution is 2.32. The van der Waals surface area contributed by atoms with Gasteiger partial charge in [0.25, 0.3) is 0 Å². The van der Waals surface area contributed by atoms with Crippen molar-refractivity contribution in [2.45, 2.75) is 0 Å². The van der Waals surface area contributed by atoms with Crippen molar-refractivity contribution in [3.63, 3.8) is 0 Å². The van der Waals surface area contributed by atoms with Crippen molar-refractivity contribution in [3.05, 3.63) is 59.0 Å². The van der Waals surface area contributed by atoms with Crippen molar-refractivity contribution in [2.24, 2.45) is 0 Å². The fourth-order valence-electron chi connectivity index (χ4n) is 2.07. The number of hydrogen-bond donors (Lipinski definition) is 2. The van der Waals surface area contributed by atoms with E-state index < -0.39 is 5.82 Å². The van der Waals surface area contributed by atoms with Crippen molar-refractivity contribution < 1.29 is 4.39 Å². The maximum absolute atomic E-state index is 14.2. The summed E-state index contributed by atoms with van der Waals surface area (Å²) in [5, 5.41) is 3.79. The highest BCUT2D eigenvalue weighted by atomic mass is 79.9. The SMILES string of the molecule is Nc1cc(F)c(Nc2cccc(Br)c2)c2ncccc12. The second kappa shape index (κ2) is 5.09. The van der Waals surface area contributed by atoms with Crippen molar-refractivity contribution >= 4 is 43.9 Å². The van der Waals surface area contributed by atoms with Gasteiger partial charge in [0.1, 0.15) is 5.69 Å². The van der Waals surface area contributed by atoms with Crippen LogP contribution in [0.5, 0.6) is 0 Å². The number of benzene rings is 2. The van der Waals surface area contributed by atoms with Crippen LogP contribution in [0.15, 0.2) is 53.1 Å². The van der Waals surface area contributed by atoms with Gasteiger partial charge in [-0.25, -0.2) is 4.39 Å². The normalized spacial score (nSPS) is 10.7. The molecule has 0 aliphatic heterocycles. The van der Waals surface area contributed by atoms with Crippen LogP contribution in [0.4, 0.5) is 21.5 Å². The molecule has 3 nitrogen and oxygen atoms in total. The Kier molecular flexibility index (Phi) is 3.28. The third-order valence-electron chi connectivity index (χ3n) is 2.97. The summed E-state index contributed by atoms with van der Waals surface area (Å²) in [6.45, 7) is 0. The number of anilines is 3. The van der Waals surface area contributed by atoms with Crippen molar-refractivity contribution in [1.82, 2.24) is 4.98 Å². The van der Waals surface area contributed by atoms with E-state index in [-0.39, 0.29) is 0 Å². The lowest BCUT2D eigenvalue weighted by Gasteiger charge is -2.12. The van der Waals surface area contributed by atoms with Gasteiger partial charge in [0.2, 0.25) is 0 Å². The summed E-state index contributed by atoms with van der Waals surface area (Å²) < 4.78 is 15.1. The summed E-state index contributed by atoms with van der Waals surface area (Å²) in [6.07, 6.45) is 1.62. The predicted octanol–water partition coefficient (Wildman–Crippen LogP) is 4.46. The Morgan fingerprint density at radius 2 is 2.00 bits per heavy atom. The van der Waals surface area contributed by atoms with E-state index >= 15 is 0 Å². The Hall–Kier alpha value is -2.14. The zero-order valence-electron chi connectivity index (χ0n) is 10.4. The lowest BCUT2D eigenvalue weighted by molar-refractivity contribution is 0.634. The Morgan fingerprint density at radius 3 is 2.80 bits per heavy atom. The number of nitrogens with two attached hydrogens (primary N) is 1. The first-order valence-electron chi connectivity index (χ1n) is 6.00. The molecule has 0 aliphatic carbocycles. The van der Waals surface area contributed by atoms with Gasteiger partial charge in [-0.05, 0) is 36.4 Å². The molecule has 20 heavy (non-hydrogen) atoms. The smallest absolute Gasteiger partial charge is 0.150 e. The van der Waals surface area contributed by atoms with E-state index in [0.717, 1.165) is 15.5 Å². The van der Waals surface area contributed by atoms with E-state index in [0.29, 0.717) is 16.9 Å². The predicted molar refractivity (Wildman–Crippen MR) is 83.5 cm³/mol. The van der Waals surface area contributed by atoms with Crippen LogP contribution in [0.2, 0.25) is 0 Å². The number of nitrogens with zero attached hydrogens (tertiary/aromatic N) is 1. The Balaban J connectivity index is 2.16. The summed E-state index contributed by atoms with van der Waals surface area (Å²) in [5.41, 5.74) is 7.83. The van der Waals surface area contributed by atoms with E-state index in [1.807, 2.05) is 30.3 Å². The molecule has 0 unspecified atom stereocenters. The van der Waals surface area contributed by atoms with Gasteiger partial charge in [-0.2, -0.15) is 0 Å². The number of hydrogen-bond acceptors (Lipinski definition) is 3. The van der Waals surface area contributed by atoms with Crippen LogP contribution in [-0.2, 0) is 0 Å². The van der Waals surface area contributed by atoms with E-state index in [9.17, 15) is 4.39 Å². The lowest BCUT2D eigenvalue weighted by atomic mass is 10.1. The standard InChI is InChI=1S/C15H11BrFN3/c16-9-3-1-4-10(7-9)20-15-12(17)8-13(18)11-5-2-6-19-14(11)15/h1-8,20H,18H2. The minimum Gasteiger partial charge on any atom is -0.398 e. The topological polar surface area (TPSA) is 50.9 Å². The molecule has 0 spiro atoms. The molecule has 0 radical (unpaired) electrons. The van der Waals surface area contributed by atoms with Gasteiger partial charge < -0.3 is 11.1 Å². The zero-order chi connectivity index (χ0) is 14.1. The molecule has 3 aromatic rings. The third kappa shape index (κ3) is 2.32. The minimum absolute atomic E-state index is 0.327. The van der Waals surface area contributed by atoms with Crippen molar-refractivity contribution in [2.75, 3.05) is 11.1 Å². The van der Waals surface area contributed by atoms with Gasteiger partial charge in [-0.1, -0.05) is 22.0 Å². The number of pyridine rings is 1. The minimum atomic E-state index is -0.423. The van der Waals surface area contributed by atoms with E-state index in [4.69, 9.17) is 5.73 Å². The molecule has 3 rings (SSSR count). The monoisotopic (exact) mass is 331 g/mol. The molecular weight excluding hydrogens is 321 g/mol. The molecule has 0 atom stereocenters. The molecule has 3 N–H and O–H groups in total. The first kappa shape index (κ1) is 12.9. The number of nitrogens with one attached hydrogen (secondary N) is 1. The van der Waals surface area contributed by atoms with E-state index in [2.05, 4.69) is 26.2 Å². The molecule has 1 heterocycles. The number of fused-ring (bicyclic) bond motifs is 1. The number of aromatic nitrogens is 1. The molecule has 2 aromatic carbocycles. The van der Waals surface area contributed by atoms with Crippen LogP contribution in [0.3, 0.4) is 0 Å². The van der Waals surface area contributed by atoms with Gasteiger partial charge in [0.05, 0.1) is 5.52 Å². The molecule has 0 saturated heterocycles. The van der Waals surface area contributed by atoms with Gasteiger partial charge in [0.15, 0.2) is 5.82 Å². The number of nitrogen functional groups attached to an aromatic ring is 1. The van der Waals surface area contributed by atoms with Gasteiger partial charge in [-0.15, -0.1) is 0 Å². The quantitative estimate of drug-likeness (QED) is 0.681. The van der Waals surface area contributed by atoms with Gasteiger partial charge >= 0.3 is 0 Å². The van der Waals surface area contributed by atoms with Crippen molar-refractivity contribution in [1.29, 1.82) is 0 Å².